The zero-order valence-electron chi connectivity index (χ0n) is 38.6. The summed E-state index contributed by atoms with van der Waals surface area (Å²) in [4.78, 5) is 70.5. The molecule has 6 aromatic rings. The van der Waals surface area contributed by atoms with Crippen LogP contribution in [0.25, 0.3) is 22.2 Å². The maximum Gasteiger partial charge on any atom is 0.264 e. The van der Waals surface area contributed by atoms with Gasteiger partial charge in [-0.05, 0) is 86.6 Å². The van der Waals surface area contributed by atoms with Crippen LogP contribution in [-0.2, 0) is 45.1 Å². The second-order valence-corrected chi connectivity index (χ2v) is 19.2. The third kappa shape index (κ3) is 7.30. The fraction of sp³-hybridized carbons (Fsp3) is 0.429. The van der Waals surface area contributed by atoms with Crippen LogP contribution in [0.2, 0.25) is 0 Å². The number of rotatable bonds is 9. The number of carbonyl (C=O) groups excluding carboxylic acids is 5. The molecule has 1 unspecified atom stereocenters. The van der Waals surface area contributed by atoms with E-state index in [1.807, 2.05) is 40.9 Å². The average Bonchev–Trinajstić information content (AvgIpc) is 4.11. The third-order valence-electron chi connectivity index (χ3n) is 14.9. The molecule has 1 N–H and O–H groups in total. The number of hydrogen-bond donors (Lipinski definition) is 1. The van der Waals surface area contributed by atoms with Gasteiger partial charge in [-0.15, -0.1) is 10.2 Å². The summed E-state index contributed by atoms with van der Waals surface area (Å²) >= 11 is 0. The van der Waals surface area contributed by atoms with Crippen LogP contribution in [0.5, 0.6) is 0 Å². The molecule has 0 aliphatic carbocycles. The molecule has 0 radical (unpaired) electrons. The number of ether oxygens (including phenoxy) is 1. The van der Waals surface area contributed by atoms with E-state index in [0.717, 1.165) is 52.5 Å². The van der Waals surface area contributed by atoms with Crippen molar-refractivity contribution in [3.05, 3.63) is 93.7 Å². The normalized spacial score (nSPS) is 19.8. The topological polar surface area (TPSA) is 199 Å². The average molecular weight is 954 g/mol. The van der Waals surface area contributed by atoms with Gasteiger partial charge in [-0.25, -0.2) is 13.5 Å². The van der Waals surface area contributed by atoms with Crippen molar-refractivity contribution in [1.29, 1.82) is 0 Å². The van der Waals surface area contributed by atoms with Gasteiger partial charge in [0, 0.05) is 99.1 Å². The second-order valence-electron chi connectivity index (χ2n) is 19.2. The standard InChI is InChI=1S/C49H49F2N13O6/c1-26-16-42-44(55-53-26)37(34-17-28-4-3-12-61(41(28)19-35(34)45(50)51)46-38-25-58(27(2)65)13-9-39(38)64(56-46)30-10-14-70-15-11-30)24-60(42)20-29-21-62(57-54-29)32-22-59(23-32)31-5-6-33-36(18-31)49(69)63(48(33)68)40-7-8-43(66)52-47(40)67/h5-6,16-19,21,24,30,32,40,45H,3-4,7-15,20,22-23,25H2,1-2H3,(H,52,66,67). The number of benzene rings is 2. The number of hydrogen-bond acceptors (Lipinski definition) is 13. The number of carbonyl (C=O) groups is 5. The van der Waals surface area contributed by atoms with Crippen LogP contribution < -0.4 is 15.1 Å². The van der Waals surface area contributed by atoms with E-state index in [1.165, 1.54) is 0 Å². The van der Waals surface area contributed by atoms with E-state index >= 15 is 8.78 Å². The summed E-state index contributed by atoms with van der Waals surface area (Å²) in [6.45, 7) is 7.70. The van der Waals surface area contributed by atoms with Crippen molar-refractivity contribution < 1.29 is 37.5 Å². The van der Waals surface area contributed by atoms with Crippen molar-refractivity contribution in [1.82, 2.24) is 54.7 Å². The molecule has 0 saturated carbocycles. The monoisotopic (exact) mass is 953 g/mol. The molecule has 2 aromatic carbocycles. The minimum atomic E-state index is -2.81. The number of halogens is 2. The van der Waals surface area contributed by atoms with Gasteiger partial charge in [0.15, 0.2) is 5.82 Å². The van der Waals surface area contributed by atoms with E-state index in [9.17, 15) is 24.0 Å². The number of aromatic nitrogens is 8. The first-order valence-corrected chi connectivity index (χ1v) is 23.9. The minimum Gasteiger partial charge on any atom is -0.381 e. The molecule has 21 heteroatoms. The quantitative estimate of drug-likeness (QED) is 0.191. The van der Waals surface area contributed by atoms with Gasteiger partial charge in [-0.3, -0.25) is 38.9 Å². The van der Waals surface area contributed by atoms with Gasteiger partial charge in [0.2, 0.25) is 17.7 Å². The van der Waals surface area contributed by atoms with Gasteiger partial charge in [-0.1, -0.05) is 5.21 Å². The predicted octanol–water partition coefficient (Wildman–Crippen LogP) is 4.98. The third-order valence-corrected chi connectivity index (χ3v) is 14.9. The SMILES string of the molecule is CC(=O)N1CCc2c(c(N3CCCc4cc(-c5cn(Cc6cn(C7CN(c8ccc9c(c8)C(=O)N(C8CCC(=O)NC8=O)C9=O)C7)nn6)c6cc(C)nnc56)c(C(F)F)cc43)nn2C2CCOCC2)C1. The Bertz CT molecular complexity index is 3190. The van der Waals surface area contributed by atoms with Crippen LogP contribution >= 0.6 is 0 Å². The van der Waals surface area contributed by atoms with Crippen molar-refractivity contribution >= 4 is 57.8 Å². The van der Waals surface area contributed by atoms with Crippen LogP contribution in [0.1, 0.15) is 112 Å². The molecule has 1 atom stereocenters. The zero-order valence-corrected chi connectivity index (χ0v) is 38.6. The Hall–Kier alpha value is -7.42. The number of aryl methyl sites for hydroxylation is 2. The van der Waals surface area contributed by atoms with Crippen molar-refractivity contribution in [3.63, 3.8) is 0 Å². The van der Waals surface area contributed by atoms with E-state index in [1.54, 1.807) is 35.9 Å². The number of fused-ring (bicyclic) bond motifs is 4. The molecule has 4 aromatic heterocycles. The van der Waals surface area contributed by atoms with Gasteiger partial charge in [0.25, 0.3) is 18.2 Å². The van der Waals surface area contributed by atoms with Crippen LogP contribution in [0, 0.1) is 6.92 Å². The second kappa shape index (κ2) is 16.9. The summed E-state index contributed by atoms with van der Waals surface area (Å²) in [6.07, 6.45) is 4.83. The van der Waals surface area contributed by atoms with Crippen LogP contribution in [0.3, 0.4) is 0 Å². The molecule has 5 amide bonds. The molecule has 3 fully saturated rings. The first-order chi connectivity index (χ1) is 33.9. The fourth-order valence-electron chi connectivity index (χ4n) is 11.2. The van der Waals surface area contributed by atoms with Gasteiger partial charge in [0.1, 0.15) is 17.3 Å². The van der Waals surface area contributed by atoms with Crippen molar-refractivity contribution in [2.45, 2.75) is 96.4 Å². The molecule has 10 heterocycles. The summed E-state index contributed by atoms with van der Waals surface area (Å²) in [5, 5.41) is 25.4. The van der Waals surface area contributed by atoms with Gasteiger partial charge >= 0.3 is 0 Å². The number of alkyl halides is 2. The molecular weight excluding hydrogens is 905 g/mol. The van der Waals surface area contributed by atoms with Gasteiger partial charge in [-0.2, -0.15) is 10.2 Å². The Kier molecular flexibility index (Phi) is 10.6. The maximum atomic E-state index is 15.5. The summed E-state index contributed by atoms with van der Waals surface area (Å²) in [5.41, 5.74) is 8.18. The molecule has 360 valence electrons. The highest BCUT2D eigenvalue weighted by molar-refractivity contribution is 6.23. The van der Waals surface area contributed by atoms with Gasteiger partial charge in [0.05, 0.1) is 53.7 Å². The van der Waals surface area contributed by atoms with Crippen LogP contribution in [-0.4, -0.2) is 124 Å². The fourth-order valence-corrected chi connectivity index (χ4v) is 11.2. The highest BCUT2D eigenvalue weighted by Gasteiger charge is 2.45. The molecule has 6 aliphatic rings. The molecule has 0 bridgehead atoms. The number of piperidine rings is 1. The molecule has 19 nitrogen and oxygen atoms in total. The summed E-state index contributed by atoms with van der Waals surface area (Å²) in [6, 6.07) is 9.51. The lowest BCUT2D eigenvalue weighted by Gasteiger charge is -2.40. The molecule has 70 heavy (non-hydrogen) atoms. The Balaban J connectivity index is 0.803. The highest BCUT2D eigenvalue weighted by Crippen LogP contribution is 2.45. The summed E-state index contributed by atoms with van der Waals surface area (Å²) in [7, 11) is 0. The maximum absolute atomic E-state index is 15.5. The molecular formula is C49H49F2N13O6. The van der Waals surface area contributed by atoms with E-state index < -0.39 is 36.1 Å². The molecule has 12 rings (SSSR count). The number of amides is 5. The van der Waals surface area contributed by atoms with E-state index in [0.29, 0.717) is 98.0 Å². The van der Waals surface area contributed by atoms with Crippen LogP contribution in [0.4, 0.5) is 26.0 Å². The summed E-state index contributed by atoms with van der Waals surface area (Å²) < 4.78 is 42.6. The lowest BCUT2D eigenvalue weighted by molar-refractivity contribution is -0.136. The van der Waals surface area contributed by atoms with Crippen molar-refractivity contribution in [3.8, 4) is 11.1 Å². The predicted molar refractivity (Wildman–Crippen MR) is 248 cm³/mol. The van der Waals surface area contributed by atoms with Crippen molar-refractivity contribution in [2.24, 2.45) is 0 Å². The molecule has 3 saturated heterocycles. The van der Waals surface area contributed by atoms with E-state index in [4.69, 9.17) is 9.84 Å². The Morgan fingerprint density at radius 2 is 1.69 bits per heavy atom. The minimum absolute atomic E-state index is 0.0104. The Labute approximate surface area is 399 Å². The number of anilines is 3. The number of imide groups is 2. The van der Waals surface area contributed by atoms with Gasteiger partial charge < -0.3 is 24.0 Å². The lowest BCUT2D eigenvalue weighted by atomic mass is 9.92. The van der Waals surface area contributed by atoms with Crippen molar-refractivity contribution in [2.75, 3.05) is 49.2 Å². The first kappa shape index (κ1) is 43.8. The summed E-state index contributed by atoms with van der Waals surface area (Å²) in [5.74, 6) is -1.49. The largest absolute Gasteiger partial charge is 0.381 e. The Morgan fingerprint density at radius 1 is 0.871 bits per heavy atom. The smallest absolute Gasteiger partial charge is 0.264 e. The van der Waals surface area contributed by atoms with E-state index in [2.05, 4.69) is 40.3 Å². The molecule has 6 aliphatic heterocycles. The first-order valence-electron chi connectivity index (χ1n) is 23.9. The number of nitrogens with one attached hydrogen (secondary N) is 1. The highest BCUT2D eigenvalue weighted by atomic mass is 19.3. The zero-order chi connectivity index (χ0) is 48.1. The molecule has 0 spiro atoms. The van der Waals surface area contributed by atoms with Crippen LogP contribution in [0.15, 0.2) is 48.8 Å². The number of nitrogens with zero attached hydrogens (tertiary/aromatic N) is 12. The lowest BCUT2D eigenvalue weighted by Crippen LogP contribution is -2.54. The Morgan fingerprint density at radius 3 is 2.47 bits per heavy atom. The van der Waals surface area contributed by atoms with E-state index in [-0.39, 0.29) is 54.1 Å².